The Morgan fingerprint density at radius 2 is 2.05 bits per heavy atom. The number of esters is 1. The maximum Gasteiger partial charge on any atom is 0.433 e. The number of furan rings is 1. The Balaban J connectivity index is 1.90. The highest BCUT2D eigenvalue weighted by atomic mass is 35.5. The van der Waals surface area contributed by atoms with Gasteiger partial charge in [-0.2, -0.15) is 0 Å². The molecule has 0 bridgehead atoms. The van der Waals surface area contributed by atoms with Crippen LogP contribution in [0.3, 0.4) is 0 Å². The highest BCUT2D eigenvalue weighted by molar-refractivity contribution is 6.42. The lowest BCUT2D eigenvalue weighted by atomic mass is 10.2. The first-order valence-corrected chi connectivity index (χ1v) is 6.74. The molecular weight excluding hydrogens is 333 g/mol. The second kappa shape index (κ2) is 7.11. The van der Waals surface area contributed by atoms with Gasteiger partial charge in [0.2, 0.25) is 0 Å². The Labute approximate surface area is 135 Å². The van der Waals surface area contributed by atoms with E-state index in [0.29, 0.717) is 15.6 Å². The van der Waals surface area contributed by atoms with E-state index in [2.05, 4.69) is 0 Å². The SMILES string of the molecule is O=C(/C=C/c1ccc([N+](=O)[O-])o1)OCc1ccc(Cl)c(Cl)c1. The molecule has 0 saturated heterocycles. The van der Waals surface area contributed by atoms with Crippen LogP contribution < -0.4 is 0 Å². The van der Waals surface area contributed by atoms with Crippen molar-refractivity contribution in [2.24, 2.45) is 0 Å². The number of carbonyl (C=O) groups excluding carboxylic acids is 1. The Morgan fingerprint density at radius 1 is 1.27 bits per heavy atom. The second-order valence-corrected chi connectivity index (χ2v) is 4.94. The molecule has 2 rings (SSSR count). The van der Waals surface area contributed by atoms with E-state index in [1.165, 1.54) is 18.2 Å². The predicted octanol–water partition coefficient (Wildman–Crippen LogP) is 4.25. The van der Waals surface area contributed by atoms with Crippen LogP contribution in [0.4, 0.5) is 5.88 Å². The van der Waals surface area contributed by atoms with Gasteiger partial charge >= 0.3 is 11.9 Å². The third-order valence-electron chi connectivity index (χ3n) is 2.54. The molecule has 1 heterocycles. The van der Waals surface area contributed by atoms with Crippen LogP contribution in [0.25, 0.3) is 6.08 Å². The van der Waals surface area contributed by atoms with Crippen LogP contribution in [0, 0.1) is 10.1 Å². The van der Waals surface area contributed by atoms with E-state index in [-0.39, 0.29) is 12.4 Å². The molecule has 8 heteroatoms. The van der Waals surface area contributed by atoms with Crippen LogP contribution in [0.1, 0.15) is 11.3 Å². The van der Waals surface area contributed by atoms with Gasteiger partial charge in [0.1, 0.15) is 17.3 Å². The van der Waals surface area contributed by atoms with Crippen LogP contribution in [0.2, 0.25) is 10.0 Å². The molecule has 0 saturated carbocycles. The van der Waals surface area contributed by atoms with Gasteiger partial charge in [0.15, 0.2) is 0 Å². The van der Waals surface area contributed by atoms with E-state index < -0.39 is 16.8 Å². The average Bonchev–Trinajstić information content (AvgIpc) is 2.95. The number of hydrogen-bond donors (Lipinski definition) is 0. The van der Waals surface area contributed by atoms with Crippen LogP contribution in [0.5, 0.6) is 0 Å². The number of hydrogen-bond acceptors (Lipinski definition) is 5. The summed E-state index contributed by atoms with van der Waals surface area (Å²) in [5.74, 6) is -0.841. The Hall–Kier alpha value is -2.31. The van der Waals surface area contributed by atoms with Crippen molar-refractivity contribution in [2.75, 3.05) is 0 Å². The fourth-order valence-corrected chi connectivity index (χ4v) is 1.83. The van der Waals surface area contributed by atoms with Gasteiger partial charge in [0, 0.05) is 6.08 Å². The maximum absolute atomic E-state index is 11.5. The molecule has 0 aliphatic rings. The molecule has 22 heavy (non-hydrogen) atoms. The van der Waals surface area contributed by atoms with Crippen LogP contribution >= 0.6 is 23.2 Å². The van der Waals surface area contributed by atoms with Crippen molar-refractivity contribution < 1.29 is 18.9 Å². The first kappa shape index (κ1) is 16.1. The zero-order valence-electron chi connectivity index (χ0n) is 11.0. The van der Waals surface area contributed by atoms with E-state index in [1.807, 2.05) is 0 Å². The Morgan fingerprint density at radius 3 is 2.68 bits per heavy atom. The van der Waals surface area contributed by atoms with Crippen LogP contribution in [-0.4, -0.2) is 10.9 Å². The molecule has 0 amide bonds. The van der Waals surface area contributed by atoms with Gasteiger partial charge in [-0.3, -0.25) is 10.1 Å². The molecule has 114 valence electrons. The molecule has 6 nitrogen and oxygen atoms in total. The van der Waals surface area contributed by atoms with Crippen molar-refractivity contribution in [3.63, 3.8) is 0 Å². The van der Waals surface area contributed by atoms with Gasteiger partial charge in [0.25, 0.3) is 0 Å². The molecular formula is C14H9Cl2NO5. The fourth-order valence-electron chi connectivity index (χ4n) is 1.51. The van der Waals surface area contributed by atoms with E-state index in [4.69, 9.17) is 32.4 Å². The second-order valence-electron chi connectivity index (χ2n) is 4.12. The number of halogens is 2. The topological polar surface area (TPSA) is 82.6 Å². The third-order valence-corrected chi connectivity index (χ3v) is 3.28. The van der Waals surface area contributed by atoms with Crippen molar-refractivity contribution in [2.45, 2.75) is 6.61 Å². The van der Waals surface area contributed by atoms with E-state index >= 15 is 0 Å². The zero-order valence-corrected chi connectivity index (χ0v) is 12.5. The molecule has 0 spiro atoms. The summed E-state index contributed by atoms with van der Waals surface area (Å²) in [4.78, 5) is 21.3. The summed E-state index contributed by atoms with van der Waals surface area (Å²) in [6, 6.07) is 7.45. The summed E-state index contributed by atoms with van der Waals surface area (Å²) in [6.45, 7) is 0.0262. The van der Waals surface area contributed by atoms with Gasteiger partial charge in [0.05, 0.1) is 16.1 Å². The number of benzene rings is 1. The van der Waals surface area contributed by atoms with Crippen LogP contribution in [0.15, 0.2) is 40.8 Å². The van der Waals surface area contributed by atoms with Crippen molar-refractivity contribution >= 4 is 41.1 Å². The molecule has 0 aliphatic carbocycles. The number of rotatable bonds is 5. The number of ether oxygens (including phenoxy) is 1. The highest BCUT2D eigenvalue weighted by Crippen LogP contribution is 2.23. The minimum atomic E-state index is -0.667. The summed E-state index contributed by atoms with van der Waals surface area (Å²) >= 11 is 11.6. The molecule has 0 radical (unpaired) electrons. The van der Waals surface area contributed by atoms with Gasteiger partial charge in [-0.05, 0) is 29.8 Å². The van der Waals surface area contributed by atoms with E-state index in [9.17, 15) is 14.9 Å². The monoisotopic (exact) mass is 341 g/mol. The van der Waals surface area contributed by atoms with Crippen molar-refractivity contribution in [1.82, 2.24) is 0 Å². The van der Waals surface area contributed by atoms with E-state index in [1.54, 1.807) is 18.2 Å². The van der Waals surface area contributed by atoms with Gasteiger partial charge < -0.3 is 9.15 Å². The highest BCUT2D eigenvalue weighted by Gasteiger charge is 2.10. The van der Waals surface area contributed by atoms with Crippen molar-refractivity contribution in [3.8, 4) is 0 Å². The maximum atomic E-state index is 11.5. The van der Waals surface area contributed by atoms with Gasteiger partial charge in [-0.1, -0.05) is 29.3 Å². The lowest BCUT2D eigenvalue weighted by molar-refractivity contribution is -0.402. The third kappa shape index (κ3) is 4.34. The lowest BCUT2D eigenvalue weighted by Crippen LogP contribution is -2.00. The zero-order chi connectivity index (χ0) is 16.1. The number of carbonyl (C=O) groups is 1. The minimum absolute atomic E-state index is 0.0262. The number of nitro groups is 1. The Kier molecular flexibility index (Phi) is 5.19. The first-order chi connectivity index (χ1) is 10.5. The van der Waals surface area contributed by atoms with Crippen molar-refractivity contribution in [1.29, 1.82) is 0 Å². The Bertz CT molecular complexity index is 739. The summed E-state index contributed by atoms with van der Waals surface area (Å²) < 4.78 is 9.86. The average molecular weight is 342 g/mol. The fraction of sp³-hybridized carbons (Fsp3) is 0.0714. The van der Waals surface area contributed by atoms with Gasteiger partial charge in [-0.25, -0.2) is 4.79 Å². The standard InChI is InChI=1S/C14H9Cl2NO5/c15-11-4-1-9(7-12(11)16)8-21-14(18)6-3-10-2-5-13(22-10)17(19)20/h1-7H,8H2/b6-3+. The molecule has 0 N–H and O–H groups in total. The van der Waals surface area contributed by atoms with Crippen LogP contribution in [-0.2, 0) is 16.1 Å². The summed E-state index contributed by atoms with van der Waals surface area (Å²) in [7, 11) is 0. The number of nitrogens with zero attached hydrogens (tertiary/aromatic N) is 1. The molecule has 1 aromatic heterocycles. The predicted molar refractivity (Wildman–Crippen MR) is 80.7 cm³/mol. The molecule has 0 aliphatic heterocycles. The molecule has 2 aromatic rings. The lowest BCUT2D eigenvalue weighted by Gasteiger charge is -2.03. The smallest absolute Gasteiger partial charge is 0.433 e. The van der Waals surface area contributed by atoms with Gasteiger partial charge in [-0.15, -0.1) is 0 Å². The van der Waals surface area contributed by atoms with Crippen molar-refractivity contribution in [3.05, 3.63) is 67.9 Å². The quantitative estimate of drug-likeness (QED) is 0.351. The molecule has 0 atom stereocenters. The summed E-state index contributed by atoms with van der Waals surface area (Å²) in [5.41, 5.74) is 0.685. The minimum Gasteiger partial charge on any atom is -0.458 e. The largest absolute Gasteiger partial charge is 0.458 e. The molecule has 1 aromatic carbocycles. The molecule has 0 unspecified atom stereocenters. The first-order valence-electron chi connectivity index (χ1n) is 5.98. The summed E-state index contributed by atoms with van der Waals surface area (Å²) in [5, 5.41) is 11.2. The van der Waals surface area contributed by atoms with E-state index in [0.717, 1.165) is 6.08 Å². The normalized spacial score (nSPS) is 10.8. The molecule has 0 fully saturated rings. The summed E-state index contributed by atoms with van der Waals surface area (Å²) in [6.07, 6.45) is 2.39.